The number of aliphatic hydroxyl groups is 1. The van der Waals surface area contributed by atoms with E-state index in [2.05, 4.69) is 23.5 Å². The topological polar surface area (TPSA) is 75.3 Å². The highest BCUT2D eigenvalue weighted by atomic mass is 35.5. The van der Waals surface area contributed by atoms with Crippen molar-refractivity contribution < 1.29 is 9.90 Å². The third-order valence-corrected chi connectivity index (χ3v) is 5.65. The summed E-state index contributed by atoms with van der Waals surface area (Å²) in [6.45, 7) is 1.94. The zero-order chi connectivity index (χ0) is 18.5. The van der Waals surface area contributed by atoms with E-state index in [0.717, 1.165) is 35.6 Å². The number of aliphatic hydroxyl groups excluding tert-OH is 1. The summed E-state index contributed by atoms with van der Waals surface area (Å²) in [5, 5.41) is 15.6. The highest BCUT2D eigenvalue weighted by Crippen LogP contribution is 2.28. The number of nitrogens with one attached hydrogen (secondary N) is 1. The number of carbonyl (C=O) groups excluding carboxylic acids is 1. The van der Waals surface area contributed by atoms with Crippen molar-refractivity contribution in [3.05, 3.63) is 48.0 Å². The first-order chi connectivity index (χ1) is 12.6. The number of hydrogen-bond acceptors (Lipinski definition) is 3. The molecule has 4 nitrogen and oxygen atoms in total. The van der Waals surface area contributed by atoms with Gasteiger partial charge in [-0.2, -0.15) is 0 Å². The summed E-state index contributed by atoms with van der Waals surface area (Å²) in [6.07, 6.45) is 5.64. The molecule has 0 saturated heterocycles. The van der Waals surface area contributed by atoms with E-state index in [9.17, 15) is 9.90 Å². The maximum absolute atomic E-state index is 12.5. The molecule has 2 aromatic rings. The van der Waals surface area contributed by atoms with Gasteiger partial charge in [-0.25, -0.2) is 0 Å². The van der Waals surface area contributed by atoms with Crippen LogP contribution >= 0.6 is 12.4 Å². The first-order valence-electron chi connectivity index (χ1n) is 9.78. The van der Waals surface area contributed by atoms with Gasteiger partial charge in [0.25, 0.3) is 5.91 Å². The molecule has 27 heavy (non-hydrogen) atoms. The van der Waals surface area contributed by atoms with E-state index in [-0.39, 0.29) is 24.4 Å². The normalized spacial score (nSPS) is 18.3. The predicted molar refractivity (Wildman–Crippen MR) is 113 cm³/mol. The molecule has 1 saturated carbocycles. The first kappa shape index (κ1) is 21.7. The number of hydrogen-bond donors (Lipinski definition) is 3. The van der Waals surface area contributed by atoms with Crippen molar-refractivity contribution in [3.63, 3.8) is 0 Å². The third kappa shape index (κ3) is 5.44. The highest BCUT2D eigenvalue weighted by Gasteiger charge is 2.27. The second-order valence-electron chi connectivity index (χ2n) is 7.65. The molecule has 0 aromatic heterocycles. The molecule has 4 N–H and O–H groups in total. The fourth-order valence-corrected chi connectivity index (χ4v) is 4.14. The number of nitrogens with two attached hydrogens (primary N) is 1. The minimum Gasteiger partial charge on any atom is -0.382 e. The van der Waals surface area contributed by atoms with Crippen LogP contribution in [0.15, 0.2) is 42.5 Å². The average molecular weight is 391 g/mol. The Morgan fingerprint density at radius 3 is 2.56 bits per heavy atom. The number of carbonyl (C=O) groups is 1. The Morgan fingerprint density at radius 1 is 1.15 bits per heavy atom. The van der Waals surface area contributed by atoms with Gasteiger partial charge in [-0.1, -0.05) is 74.6 Å². The summed E-state index contributed by atoms with van der Waals surface area (Å²) in [7, 11) is 0. The number of benzene rings is 2. The molecule has 3 rings (SSSR count). The molecule has 0 spiro atoms. The SMILES string of the molecule is C[C@H](NC(=O)C(O)[C@H](N)CC1CCCCC1)c1cccc2ccccc12.Cl. The summed E-state index contributed by atoms with van der Waals surface area (Å²) in [5.41, 5.74) is 7.19. The van der Waals surface area contributed by atoms with Gasteiger partial charge in [-0.05, 0) is 35.6 Å². The van der Waals surface area contributed by atoms with Crippen molar-refractivity contribution >= 4 is 29.1 Å². The molecule has 1 fully saturated rings. The molecular weight excluding hydrogens is 360 g/mol. The Kier molecular flexibility index (Phi) is 8.08. The van der Waals surface area contributed by atoms with Gasteiger partial charge in [-0.3, -0.25) is 4.79 Å². The first-order valence-corrected chi connectivity index (χ1v) is 9.78. The number of fused-ring (bicyclic) bond motifs is 1. The summed E-state index contributed by atoms with van der Waals surface area (Å²) in [4.78, 5) is 12.5. The molecule has 1 unspecified atom stereocenters. The second kappa shape index (κ2) is 10.1. The quantitative estimate of drug-likeness (QED) is 0.695. The van der Waals surface area contributed by atoms with Crippen LogP contribution in [0.2, 0.25) is 0 Å². The lowest BCUT2D eigenvalue weighted by atomic mass is 9.84. The molecule has 2 aromatic carbocycles. The minimum absolute atomic E-state index is 0. The van der Waals surface area contributed by atoms with Gasteiger partial charge in [0, 0.05) is 6.04 Å². The molecule has 0 bridgehead atoms. The van der Waals surface area contributed by atoms with Crippen molar-refractivity contribution in [1.29, 1.82) is 0 Å². The van der Waals surface area contributed by atoms with Crippen molar-refractivity contribution in [3.8, 4) is 0 Å². The Bertz CT molecular complexity index is 741. The van der Waals surface area contributed by atoms with Crippen molar-refractivity contribution in [2.45, 2.75) is 63.6 Å². The molecule has 0 heterocycles. The van der Waals surface area contributed by atoms with E-state index in [1.165, 1.54) is 19.3 Å². The standard InChI is InChI=1S/C22H30N2O2.ClH/c1-15(18-13-7-11-17-10-5-6-12-19(17)18)24-22(26)21(25)20(23)14-16-8-3-2-4-9-16;/h5-7,10-13,15-16,20-21,25H,2-4,8-9,14,23H2,1H3,(H,24,26);1H/t15-,20+,21?;/m0./s1. The van der Waals surface area contributed by atoms with Gasteiger partial charge < -0.3 is 16.2 Å². The molecule has 3 atom stereocenters. The van der Waals surface area contributed by atoms with Crippen LogP contribution in [0, 0.1) is 5.92 Å². The zero-order valence-electron chi connectivity index (χ0n) is 15.9. The Hall–Kier alpha value is -1.62. The maximum Gasteiger partial charge on any atom is 0.250 e. The molecule has 148 valence electrons. The zero-order valence-corrected chi connectivity index (χ0v) is 16.8. The third-order valence-electron chi connectivity index (χ3n) is 5.65. The van der Waals surface area contributed by atoms with Crippen LogP contribution in [0.3, 0.4) is 0 Å². The minimum atomic E-state index is -1.16. The van der Waals surface area contributed by atoms with Crippen LogP contribution in [0.4, 0.5) is 0 Å². The lowest BCUT2D eigenvalue weighted by Crippen LogP contribution is -2.47. The van der Waals surface area contributed by atoms with Crippen LogP contribution in [0.5, 0.6) is 0 Å². The van der Waals surface area contributed by atoms with E-state index in [0.29, 0.717) is 5.92 Å². The van der Waals surface area contributed by atoms with Gasteiger partial charge in [0.15, 0.2) is 0 Å². The Balaban J connectivity index is 0.00000261. The second-order valence-corrected chi connectivity index (χ2v) is 7.65. The van der Waals surface area contributed by atoms with E-state index in [1.54, 1.807) is 0 Å². The van der Waals surface area contributed by atoms with Crippen molar-refractivity contribution in [1.82, 2.24) is 5.32 Å². The number of rotatable bonds is 6. The van der Waals surface area contributed by atoms with E-state index >= 15 is 0 Å². The molecule has 1 aliphatic carbocycles. The van der Waals surface area contributed by atoms with Crippen LogP contribution < -0.4 is 11.1 Å². The van der Waals surface area contributed by atoms with Gasteiger partial charge in [0.2, 0.25) is 0 Å². The van der Waals surface area contributed by atoms with Gasteiger partial charge in [0.05, 0.1) is 6.04 Å². The largest absolute Gasteiger partial charge is 0.382 e. The van der Waals surface area contributed by atoms with E-state index in [1.807, 2.05) is 31.2 Å². The van der Waals surface area contributed by atoms with Crippen molar-refractivity contribution in [2.75, 3.05) is 0 Å². The summed E-state index contributed by atoms with van der Waals surface area (Å²) in [6, 6.07) is 13.5. The fraction of sp³-hybridized carbons (Fsp3) is 0.500. The maximum atomic E-state index is 12.5. The Morgan fingerprint density at radius 2 is 1.81 bits per heavy atom. The van der Waals surface area contributed by atoms with Gasteiger partial charge in [-0.15, -0.1) is 12.4 Å². The summed E-state index contributed by atoms with van der Waals surface area (Å²) in [5.74, 6) is 0.158. The smallest absolute Gasteiger partial charge is 0.250 e. The molecular formula is C22H31ClN2O2. The van der Waals surface area contributed by atoms with Crippen molar-refractivity contribution in [2.24, 2.45) is 11.7 Å². The molecule has 5 heteroatoms. The molecule has 1 amide bonds. The van der Waals surface area contributed by atoms with Crippen LogP contribution in [0.1, 0.15) is 57.1 Å². The summed E-state index contributed by atoms with van der Waals surface area (Å²) >= 11 is 0. The predicted octanol–water partition coefficient (Wildman–Crippen LogP) is 4.10. The van der Waals surface area contributed by atoms with Gasteiger partial charge in [0.1, 0.15) is 6.10 Å². The monoisotopic (exact) mass is 390 g/mol. The van der Waals surface area contributed by atoms with Gasteiger partial charge >= 0.3 is 0 Å². The molecule has 1 aliphatic rings. The average Bonchev–Trinajstić information content (AvgIpc) is 2.67. The van der Waals surface area contributed by atoms with Crippen LogP contribution in [-0.2, 0) is 4.79 Å². The van der Waals surface area contributed by atoms with E-state index < -0.39 is 12.1 Å². The highest BCUT2D eigenvalue weighted by molar-refractivity contribution is 5.87. The lowest BCUT2D eigenvalue weighted by Gasteiger charge is -2.27. The number of halogens is 1. The Labute approximate surface area is 167 Å². The van der Waals surface area contributed by atoms with Crippen LogP contribution in [-0.4, -0.2) is 23.2 Å². The molecule has 0 radical (unpaired) electrons. The molecule has 0 aliphatic heterocycles. The van der Waals surface area contributed by atoms with E-state index in [4.69, 9.17) is 5.73 Å². The summed E-state index contributed by atoms with van der Waals surface area (Å²) < 4.78 is 0. The van der Waals surface area contributed by atoms with Crippen LogP contribution in [0.25, 0.3) is 10.8 Å². The number of amides is 1. The fourth-order valence-electron chi connectivity index (χ4n) is 4.14. The lowest BCUT2D eigenvalue weighted by molar-refractivity contribution is -0.131.